The number of phenols is 1. The van der Waals surface area contributed by atoms with Gasteiger partial charge in [0.05, 0.1) is 0 Å². The molecule has 0 amide bonds. The van der Waals surface area contributed by atoms with E-state index in [-0.39, 0.29) is 12.2 Å². The maximum absolute atomic E-state index is 11.1. The van der Waals surface area contributed by atoms with Crippen LogP contribution in [0.1, 0.15) is 5.56 Å². The van der Waals surface area contributed by atoms with Crippen LogP contribution in [0.5, 0.6) is 5.75 Å². The second-order valence-electron chi connectivity index (χ2n) is 3.31. The molecule has 0 saturated heterocycles. The van der Waals surface area contributed by atoms with Gasteiger partial charge in [0.1, 0.15) is 11.8 Å². The first-order valence-corrected chi connectivity index (χ1v) is 5.88. The summed E-state index contributed by atoms with van der Waals surface area (Å²) in [5, 5.41) is 9.02. The van der Waals surface area contributed by atoms with E-state index in [2.05, 4.69) is 4.18 Å². The molecule has 0 saturated carbocycles. The highest BCUT2D eigenvalue weighted by Gasteiger charge is 2.21. The van der Waals surface area contributed by atoms with Crippen LogP contribution in [0.2, 0.25) is 0 Å². The van der Waals surface area contributed by atoms with Crippen molar-refractivity contribution in [3.8, 4) is 5.75 Å². The van der Waals surface area contributed by atoms with Gasteiger partial charge in [0.15, 0.2) is 0 Å². The van der Waals surface area contributed by atoms with E-state index in [1.54, 1.807) is 0 Å². The van der Waals surface area contributed by atoms with Crippen LogP contribution in [0.15, 0.2) is 24.3 Å². The predicted molar refractivity (Wildman–Crippen MR) is 57.4 cm³/mol. The van der Waals surface area contributed by atoms with E-state index in [0.717, 1.165) is 0 Å². The number of rotatable bonds is 4. The molecule has 94 valence electrons. The van der Waals surface area contributed by atoms with E-state index in [1.807, 2.05) is 0 Å². The third-order valence-electron chi connectivity index (χ3n) is 1.88. The smallest absolute Gasteiger partial charge is 0.449 e. The first-order chi connectivity index (χ1) is 7.78. The summed E-state index contributed by atoms with van der Waals surface area (Å²) < 4.78 is 32.5. The van der Waals surface area contributed by atoms with Crippen molar-refractivity contribution in [2.24, 2.45) is 5.73 Å². The van der Waals surface area contributed by atoms with Crippen LogP contribution >= 0.6 is 0 Å². The number of carbonyl (C=O) groups is 1. The lowest BCUT2D eigenvalue weighted by atomic mass is 10.1. The van der Waals surface area contributed by atoms with Crippen molar-refractivity contribution in [2.75, 3.05) is 0 Å². The molecule has 0 heterocycles. The van der Waals surface area contributed by atoms with Crippen LogP contribution < -0.4 is 5.73 Å². The van der Waals surface area contributed by atoms with Gasteiger partial charge in [-0.25, -0.2) is 4.79 Å². The van der Waals surface area contributed by atoms with Gasteiger partial charge in [-0.3, -0.25) is 4.55 Å². The van der Waals surface area contributed by atoms with Gasteiger partial charge in [-0.05, 0) is 24.1 Å². The van der Waals surface area contributed by atoms with Crippen molar-refractivity contribution < 1.29 is 27.1 Å². The molecule has 7 nitrogen and oxygen atoms in total. The Morgan fingerprint density at radius 2 is 1.88 bits per heavy atom. The van der Waals surface area contributed by atoms with Crippen molar-refractivity contribution in [2.45, 2.75) is 12.5 Å². The van der Waals surface area contributed by atoms with Gasteiger partial charge >= 0.3 is 16.4 Å². The maximum Gasteiger partial charge on any atom is 0.449 e. The van der Waals surface area contributed by atoms with E-state index in [0.29, 0.717) is 5.56 Å². The molecule has 0 fully saturated rings. The minimum absolute atomic E-state index is 0.0225. The molecule has 0 radical (unpaired) electrons. The van der Waals surface area contributed by atoms with Gasteiger partial charge in [-0.1, -0.05) is 12.1 Å². The average molecular weight is 261 g/mol. The molecule has 0 spiro atoms. The highest BCUT2D eigenvalue weighted by molar-refractivity contribution is 7.81. The van der Waals surface area contributed by atoms with Crippen LogP contribution in [0, 0.1) is 0 Å². The summed E-state index contributed by atoms with van der Waals surface area (Å²) in [5.41, 5.74) is 6.00. The minimum atomic E-state index is -4.84. The van der Waals surface area contributed by atoms with Crippen molar-refractivity contribution in [3.63, 3.8) is 0 Å². The second-order valence-corrected chi connectivity index (χ2v) is 4.33. The molecule has 1 unspecified atom stereocenters. The van der Waals surface area contributed by atoms with Crippen LogP contribution in [-0.4, -0.2) is 30.1 Å². The summed E-state index contributed by atoms with van der Waals surface area (Å²) in [4.78, 5) is 11.1. The molecule has 1 atom stereocenters. The highest BCUT2D eigenvalue weighted by Crippen LogP contribution is 2.11. The van der Waals surface area contributed by atoms with E-state index < -0.39 is 22.4 Å². The molecule has 0 aliphatic rings. The maximum atomic E-state index is 11.1. The number of hydrogen-bond acceptors (Lipinski definition) is 6. The van der Waals surface area contributed by atoms with Crippen LogP contribution in [0.25, 0.3) is 0 Å². The normalized spacial score (nSPS) is 13.1. The van der Waals surface area contributed by atoms with E-state index in [1.165, 1.54) is 24.3 Å². The van der Waals surface area contributed by atoms with E-state index in [4.69, 9.17) is 15.4 Å². The molecule has 8 heteroatoms. The molecular weight excluding hydrogens is 250 g/mol. The van der Waals surface area contributed by atoms with Gasteiger partial charge in [0, 0.05) is 0 Å². The summed E-state index contributed by atoms with van der Waals surface area (Å²) in [7, 11) is -4.84. The van der Waals surface area contributed by atoms with Gasteiger partial charge in [0.2, 0.25) is 0 Å². The zero-order valence-corrected chi connectivity index (χ0v) is 9.42. The Hall–Kier alpha value is -1.64. The SMILES string of the molecule is NC(Cc1ccc(O)cc1)C(=O)OS(=O)(=O)O. The Morgan fingerprint density at radius 3 is 2.35 bits per heavy atom. The van der Waals surface area contributed by atoms with Gasteiger partial charge < -0.3 is 15.0 Å². The lowest BCUT2D eigenvalue weighted by molar-refractivity contribution is -0.135. The lowest BCUT2D eigenvalue weighted by Gasteiger charge is -2.09. The topological polar surface area (TPSA) is 127 Å². The van der Waals surface area contributed by atoms with Crippen molar-refractivity contribution in [3.05, 3.63) is 29.8 Å². The summed E-state index contributed by atoms with van der Waals surface area (Å²) in [6.45, 7) is 0. The van der Waals surface area contributed by atoms with Crippen LogP contribution in [0.4, 0.5) is 0 Å². The van der Waals surface area contributed by atoms with E-state index >= 15 is 0 Å². The van der Waals surface area contributed by atoms with Crippen LogP contribution in [0.3, 0.4) is 0 Å². The Balaban J connectivity index is 2.63. The fraction of sp³-hybridized carbons (Fsp3) is 0.222. The first-order valence-electron chi connectivity index (χ1n) is 4.52. The molecule has 4 N–H and O–H groups in total. The number of benzene rings is 1. The van der Waals surface area contributed by atoms with Gasteiger partial charge in [-0.2, -0.15) is 8.42 Å². The fourth-order valence-electron chi connectivity index (χ4n) is 1.13. The summed E-state index contributed by atoms with van der Waals surface area (Å²) in [5.74, 6) is -1.19. The van der Waals surface area contributed by atoms with Gasteiger partial charge in [0.25, 0.3) is 0 Å². The Morgan fingerprint density at radius 1 is 1.35 bits per heavy atom. The van der Waals surface area contributed by atoms with Gasteiger partial charge in [-0.15, -0.1) is 0 Å². The summed E-state index contributed by atoms with van der Waals surface area (Å²) >= 11 is 0. The first kappa shape index (κ1) is 13.4. The number of hydrogen-bond donors (Lipinski definition) is 3. The Kier molecular flexibility index (Phi) is 4.05. The molecule has 0 aromatic heterocycles. The summed E-state index contributed by atoms with van der Waals surface area (Å²) in [6.07, 6.45) is 0.0225. The zero-order valence-electron chi connectivity index (χ0n) is 8.61. The Bertz CT molecular complexity index is 495. The third-order valence-corrected chi connectivity index (χ3v) is 2.26. The molecule has 17 heavy (non-hydrogen) atoms. The fourth-order valence-corrected chi connectivity index (χ4v) is 1.47. The van der Waals surface area contributed by atoms with Crippen molar-refractivity contribution in [1.29, 1.82) is 0 Å². The quantitative estimate of drug-likeness (QED) is 0.630. The highest BCUT2D eigenvalue weighted by atomic mass is 32.3. The second kappa shape index (κ2) is 5.13. The average Bonchev–Trinajstić information content (AvgIpc) is 2.19. The minimum Gasteiger partial charge on any atom is -0.508 e. The predicted octanol–water partition coefficient (Wildman–Crippen LogP) is -0.392. The molecular formula is C9H11NO6S. The number of nitrogens with two attached hydrogens (primary N) is 1. The molecule has 0 aliphatic carbocycles. The van der Waals surface area contributed by atoms with Crippen molar-refractivity contribution >= 4 is 16.4 Å². The number of carbonyl (C=O) groups excluding carboxylic acids is 1. The zero-order chi connectivity index (χ0) is 13.1. The summed E-state index contributed by atoms with van der Waals surface area (Å²) in [6, 6.07) is 4.62. The van der Waals surface area contributed by atoms with Crippen molar-refractivity contribution in [1.82, 2.24) is 0 Å². The monoisotopic (exact) mass is 261 g/mol. The molecule has 1 aromatic carbocycles. The Labute approximate surface area is 97.8 Å². The molecule has 1 rings (SSSR count). The van der Waals surface area contributed by atoms with Crippen LogP contribution in [-0.2, 0) is 25.8 Å². The lowest BCUT2D eigenvalue weighted by Crippen LogP contribution is -2.35. The third kappa shape index (κ3) is 4.81. The number of phenolic OH excluding ortho intramolecular Hbond substituents is 1. The standard InChI is InChI=1S/C9H11NO6S/c10-8(9(12)16-17(13,14)15)5-6-1-3-7(11)4-2-6/h1-4,8,11H,5,10H2,(H,13,14,15). The molecule has 0 bridgehead atoms. The van der Waals surface area contributed by atoms with E-state index in [9.17, 15) is 13.2 Å². The number of aromatic hydroxyl groups is 1. The largest absolute Gasteiger partial charge is 0.508 e. The molecule has 0 aliphatic heterocycles. The molecule has 1 aromatic rings.